The predicted octanol–water partition coefficient (Wildman–Crippen LogP) is 1.24. The van der Waals surface area contributed by atoms with Gasteiger partial charge in [0.25, 0.3) is 5.69 Å². The molecule has 0 amide bonds. The molecule has 27 heavy (non-hydrogen) atoms. The van der Waals surface area contributed by atoms with E-state index in [1.165, 1.54) is 18.4 Å². The third kappa shape index (κ3) is 4.17. The largest absolute Gasteiger partial charge is 0.471 e. The second-order valence-electron chi connectivity index (χ2n) is 5.86. The summed E-state index contributed by atoms with van der Waals surface area (Å²) in [5.41, 5.74) is 0.783. The van der Waals surface area contributed by atoms with Crippen molar-refractivity contribution in [2.45, 2.75) is 17.3 Å². The smallest absolute Gasteiger partial charge is 0.464 e. The highest BCUT2D eigenvalue weighted by Crippen LogP contribution is 2.23. The molecule has 0 aliphatic rings. The van der Waals surface area contributed by atoms with Gasteiger partial charge in [0, 0.05) is 17.5 Å². The number of nitrogens with zero attached hydrogens (tertiary/aromatic N) is 1. The van der Waals surface area contributed by atoms with Crippen LogP contribution >= 0.6 is 0 Å². The van der Waals surface area contributed by atoms with Gasteiger partial charge in [0.1, 0.15) is 5.58 Å². The van der Waals surface area contributed by atoms with Gasteiger partial charge in [-0.05, 0) is 24.1 Å². The summed E-state index contributed by atoms with van der Waals surface area (Å²) in [6, 6.07) is 11.5. The maximum Gasteiger partial charge on any atom is 0.471 e. The molecule has 140 valence electrons. The molecule has 1 heterocycles. The van der Waals surface area contributed by atoms with Crippen molar-refractivity contribution < 1.29 is 27.8 Å². The topological polar surface area (TPSA) is 143 Å². The number of nitro benzene ring substituents is 1. The Morgan fingerprint density at radius 2 is 1.93 bits per heavy atom. The van der Waals surface area contributed by atoms with Crippen LogP contribution in [0.5, 0.6) is 0 Å². The number of hydrogen-bond donors (Lipinski definition) is 3. The molecular weight excluding hydrogens is 375 g/mol. The molecule has 0 saturated carbocycles. The quantitative estimate of drug-likeness (QED) is 0.313. The van der Waals surface area contributed by atoms with Gasteiger partial charge in [0.2, 0.25) is 10.0 Å². The predicted molar refractivity (Wildman–Crippen MR) is 97.3 cm³/mol. The third-order valence-electron chi connectivity index (χ3n) is 4.01. The van der Waals surface area contributed by atoms with Crippen LogP contribution in [-0.4, -0.2) is 36.4 Å². The zero-order valence-electron chi connectivity index (χ0n) is 13.8. The Labute approximate surface area is 154 Å². The molecule has 9 nitrogen and oxygen atoms in total. The van der Waals surface area contributed by atoms with Gasteiger partial charge >= 0.3 is 7.12 Å². The lowest BCUT2D eigenvalue weighted by atomic mass is 9.77. The van der Waals surface area contributed by atoms with Crippen LogP contribution < -0.4 is 4.72 Å². The highest BCUT2D eigenvalue weighted by molar-refractivity contribution is 7.89. The summed E-state index contributed by atoms with van der Waals surface area (Å²) in [6.45, 7) is 0. The molecule has 0 aliphatic carbocycles. The van der Waals surface area contributed by atoms with Crippen LogP contribution in [0.25, 0.3) is 11.0 Å². The molecule has 3 N–H and O–H groups in total. The SMILES string of the molecule is O=[N+]([O-])c1cccc(S(=O)(=O)N[C@@H](Cc2coc3ccccc23)B(O)O)c1. The molecule has 0 aliphatic heterocycles. The molecule has 0 bridgehead atoms. The summed E-state index contributed by atoms with van der Waals surface area (Å²) >= 11 is 0. The second-order valence-corrected chi connectivity index (χ2v) is 7.57. The number of hydrogen-bond acceptors (Lipinski definition) is 7. The highest BCUT2D eigenvalue weighted by Gasteiger charge is 2.31. The van der Waals surface area contributed by atoms with Crippen molar-refractivity contribution >= 4 is 33.8 Å². The van der Waals surface area contributed by atoms with E-state index in [1.54, 1.807) is 24.3 Å². The van der Waals surface area contributed by atoms with E-state index in [-0.39, 0.29) is 17.0 Å². The molecule has 0 spiro atoms. The molecule has 11 heteroatoms. The Bertz CT molecular complexity index is 1080. The normalized spacial score (nSPS) is 12.8. The standard InChI is InChI=1S/C16H15BN2O7S/c20-17(21)16(8-11-10-26-15-7-2-1-6-14(11)15)18-27(24,25)13-5-3-4-12(9-13)19(22)23/h1-7,9-10,16,18,20-21H,8H2/t16-/m0/s1. The summed E-state index contributed by atoms with van der Waals surface area (Å²) < 4.78 is 32.6. The average molecular weight is 390 g/mol. The van der Waals surface area contributed by atoms with E-state index in [4.69, 9.17) is 4.42 Å². The molecule has 0 radical (unpaired) electrons. The summed E-state index contributed by atoms with van der Waals surface area (Å²) in [5, 5.41) is 30.8. The Morgan fingerprint density at radius 3 is 2.63 bits per heavy atom. The fraction of sp³-hybridized carbons (Fsp3) is 0.125. The first kappa shape index (κ1) is 19.0. The maximum atomic E-state index is 12.5. The number of nitro groups is 1. The van der Waals surface area contributed by atoms with E-state index in [1.807, 2.05) is 0 Å². The zero-order valence-corrected chi connectivity index (χ0v) is 14.7. The lowest BCUT2D eigenvalue weighted by Crippen LogP contribution is -2.47. The van der Waals surface area contributed by atoms with E-state index in [0.29, 0.717) is 11.1 Å². The van der Waals surface area contributed by atoms with Crippen molar-refractivity contribution in [1.29, 1.82) is 0 Å². The molecule has 0 unspecified atom stereocenters. The summed E-state index contributed by atoms with van der Waals surface area (Å²) in [4.78, 5) is 9.79. The molecule has 3 rings (SSSR count). The number of non-ortho nitro benzene ring substituents is 1. The van der Waals surface area contributed by atoms with E-state index < -0.39 is 28.0 Å². The minimum atomic E-state index is -4.22. The summed E-state index contributed by atoms with van der Waals surface area (Å²) in [5.74, 6) is -1.28. The molecule has 1 aromatic heterocycles. The molecule has 2 aromatic carbocycles. The second kappa shape index (κ2) is 7.49. The minimum absolute atomic E-state index is 0.0527. The number of para-hydroxylation sites is 1. The van der Waals surface area contributed by atoms with Crippen molar-refractivity contribution in [2.24, 2.45) is 0 Å². The van der Waals surface area contributed by atoms with Gasteiger partial charge < -0.3 is 14.5 Å². The number of sulfonamides is 1. The first-order valence-electron chi connectivity index (χ1n) is 7.86. The zero-order chi connectivity index (χ0) is 19.6. The molecular formula is C16H15BN2O7S. The number of benzene rings is 2. The number of furan rings is 1. The molecule has 1 atom stereocenters. The first-order valence-corrected chi connectivity index (χ1v) is 9.34. The van der Waals surface area contributed by atoms with Crippen LogP contribution in [0.3, 0.4) is 0 Å². The Morgan fingerprint density at radius 1 is 1.19 bits per heavy atom. The van der Waals surface area contributed by atoms with Crippen LogP contribution in [0.4, 0.5) is 5.69 Å². The van der Waals surface area contributed by atoms with Gasteiger partial charge in [-0.15, -0.1) is 0 Å². The van der Waals surface area contributed by atoms with E-state index >= 15 is 0 Å². The van der Waals surface area contributed by atoms with Crippen LogP contribution in [0.2, 0.25) is 0 Å². The molecule has 3 aromatic rings. The van der Waals surface area contributed by atoms with E-state index in [0.717, 1.165) is 17.5 Å². The van der Waals surface area contributed by atoms with Gasteiger partial charge in [0.15, 0.2) is 0 Å². The fourth-order valence-electron chi connectivity index (χ4n) is 2.67. The lowest BCUT2D eigenvalue weighted by molar-refractivity contribution is -0.385. The first-order chi connectivity index (χ1) is 12.8. The van der Waals surface area contributed by atoms with Gasteiger partial charge in [-0.3, -0.25) is 10.1 Å². The van der Waals surface area contributed by atoms with Gasteiger partial charge in [-0.1, -0.05) is 24.3 Å². The monoisotopic (exact) mass is 390 g/mol. The maximum absolute atomic E-state index is 12.5. The van der Waals surface area contributed by atoms with E-state index in [9.17, 15) is 28.6 Å². The highest BCUT2D eigenvalue weighted by atomic mass is 32.2. The van der Waals surface area contributed by atoms with Gasteiger partial charge in [-0.2, -0.15) is 0 Å². The van der Waals surface area contributed by atoms with Gasteiger partial charge in [-0.25, -0.2) is 13.1 Å². The molecule has 0 fully saturated rings. The van der Waals surface area contributed by atoms with Crippen molar-refractivity contribution in [2.75, 3.05) is 0 Å². The average Bonchev–Trinajstić information content (AvgIpc) is 3.04. The number of rotatable bonds is 7. The van der Waals surface area contributed by atoms with Crippen molar-refractivity contribution in [3.8, 4) is 0 Å². The van der Waals surface area contributed by atoms with Gasteiger partial charge in [0.05, 0.1) is 22.0 Å². The van der Waals surface area contributed by atoms with Crippen LogP contribution in [0, 0.1) is 10.1 Å². The minimum Gasteiger partial charge on any atom is -0.464 e. The lowest BCUT2D eigenvalue weighted by Gasteiger charge is -2.17. The Kier molecular flexibility index (Phi) is 5.28. The van der Waals surface area contributed by atoms with Crippen molar-refractivity contribution in [3.63, 3.8) is 0 Å². The Balaban J connectivity index is 1.87. The summed E-state index contributed by atoms with van der Waals surface area (Å²) in [7, 11) is -6.22. The van der Waals surface area contributed by atoms with Crippen molar-refractivity contribution in [1.82, 2.24) is 4.72 Å². The van der Waals surface area contributed by atoms with Crippen molar-refractivity contribution in [3.05, 3.63) is 70.5 Å². The third-order valence-corrected chi connectivity index (χ3v) is 5.49. The fourth-order valence-corrected chi connectivity index (χ4v) is 3.94. The Hall–Kier alpha value is -2.73. The summed E-state index contributed by atoms with van der Waals surface area (Å²) in [6.07, 6.45) is 1.37. The van der Waals surface area contributed by atoms with Crippen LogP contribution in [0.15, 0.2) is 64.1 Å². The van der Waals surface area contributed by atoms with Crippen LogP contribution in [-0.2, 0) is 16.4 Å². The molecule has 0 saturated heterocycles. The van der Waals surface area contributed by atoms with E-state index in [2.05, 4.69) is 4.72 Å². The number of fused-ring (bicyclic) bond motifs is 1. The van der Waals surface area contributed by atoms with Crippen LogP contribution in [0.1, 0.15) is 5.56 Å². The number of nitrogens with one attached hydrogen (secondary N) is 1.